The minimum atomic E-state index is 0.154. The van der Waals surface area contributed by atoms with E-state index in [1.165, 1.54) is 0 Å². The molecule has 0 spiro atoms. The lowest BCUT2D eigenvalue weighted by Gasteiger charge is -2.25. The van der Waals surface area contributed by atoms with Gasteiger partial charge in [0.15, 0.2) is 5.96 Å². The molecule has 3 nitrogen and oxygen atoms in total. The van der Waals surface area contributed by atoms with E-state index in [2.05, 4.69) is 4.99 Å². The highest BCUT2D eigenvalue weighted by atomic mass is 35.5. The maximum absolute atomic E-state index is 5.98. The topological polar surface area (TPSA) is 41.6 Å². The molecule has 0 saturated heterocycles. The number of aliphatic imine (C=N–C) groups is 1. The third kappa shape index (κ3) is 2.11. The Bertz CT molecular complexity index is 411. The zero-order valence-corrected chi connectivity index (χ0v) is 10.5. The smallest absolute Gasteiger partial charge is 0.191 e. The molecule has 16 heavy (non-hydrogen) atoms. The van der Waals surface area contributed by atoms with Gasteiger partial charge in [0, 0.05) is 16.6 Å². The zero-order chi connectivity index (χ0) is 11.7. The first-order chi connectivity index (χ1) is 7.61. The van der Waals surface area contributed by atoms with Crippen LogP contribution in [0.2, 0.25) is 10.0 Å². The first kappa shape index (κ1) is 11.6. The van der Waals surface area contributed by atoms with Crippen LogP contribution in [-0.2, 0) is 0 Å². The van der Waals surface area contributed by atoms with Crippen LogP contribution in [0.4, 0.5) is 0 Å². The Morgan fingerprint density at radius 3 is 2.56 bits per heavy atom. The van der Waals surface area contributed by atoms with Crippen LogP contribution in [0.25, 0.3) is 0 Å². The molecule has 0 radical (unpaired) electrons. The molecule has 5 heteroatoms. The summed E-state index contributed by atoms with van der Waals surface area (Å²) in [4.78, 5) is 6.28. The summed E-state index contributed by atoms with van der Waals surface area (Å²) < 4.78 is 0. The second-order valence-electron chi connectivity index (χ2n) is 3.70. The van der Waals surface area contributed by atoms with E-state index in [-0.39, 0.29) is 6.04 Å². The number of rotatable bonds is 2. The molecule has 1 heterocycles. The van der Waals surface area contributed by atoms with Gasteiger partial charge in [0.1, 0.15) is 0 Å². The molecule has 1 unspecified atom stereocenters. The molecule has 2 rings (SSSR count). The van der Waals surface area contributed by atoms with Crippen LogP contribution in [-0.4, -0.2) is 23.9 Å². The van der Waals surface area contributed by atoms with E-state index in [1.807, 2.05) is 24.0 Å². The van der Waals surface area contributed by atoms with Gasteiger partial charge in [-0.3, -0.25) is 4.99 Å². The van der Waals surface area contributed by atoms with Crippen molar-refractivity contribution in [2.24, 2.45) is 10.7 Å². The van der Waals surface area contributed by atoms with Crippen LogP contribution in [0.5, 0.6) is 0 Å². The highest BCUT2D eigenvalue weighted by Crippen LogP contribution is 2.29. The predicted molar refractivity (Wildman–Crippen MR) is 68.1 cm³/mol. The highest BCUT2D eigenvalue weighted by Gasteiger charge is 2.26. The van der Waals surface area contributed by atoms with Gasteiger partial charge >= 0.3 is 0 Å². The van der Waals surface area contributed by atoms with Crippen molar-refractivity contribution in [3.63, 3.8) is 0 Å². The summed E-state index contributed by atoms with van der Waals surface area (Å²) in [6.07, 6.45) is 0. The molecule has 0 fully saturated rings. The summed E-state index contributed by atoms with van der Waals surface area (Å²) in [5.74, 6) is 0.587. The minimum absolute atomic E-state index is 0.154. The van der Waals surface area contributed by atoms with Crippen molar-refractivity contribution in [2.45, 2.75) is 13.0 Å². The number of hydrogen-bond acceptors (Lipinski definition) is 3. The van der Waals surface area contributed by atoms with E-state index in [0.717, 1.165) is 12.1 Å². The Balaban J connectivity index is 2.31. The van der Waals surface area contributed by atoms with Gasteiger partial charge in [0.05, 0.1) is 12.6 Å². The molecular formula is C11H13Cl2N3. The van der Waals surface area contributed by atoms with E-state index < -0.39 is 0 Å². The molecule has 1 atom stereocenters. The molecule has 0 bridgehead atoms. The third-order valence-corrected chi connectivity index (χ3v) is 3.14. The molecule has 0 saturated carbocycles. The fourth-order valence-corrected chi connectivity index (χ4v) is 2.51. The van der Waals surface area contributed by atoms with Crippen molar-refractivity contribution >= 4 is 29.2 Å². The highest BCUT2D eigenvalue weighted by molar-refractivity contribution is 6.34. The number of likely N-dealkylation sites (N-methyl/N-ethyl adjacent to an activating group) is 1. The molecular weight excluding hydrogens is 245 g/mol. The molecule has 86 valence electrons. The molecule has 1 aliphatic rings. The fourth-order valence-electron chi connectivity index (χ4n) is 1.96. The van der Waals surface area contributed by atoms with Gasteiger partial charge < -0.3 is 10.6 Å². The third-order valence-electron chi connectivity index (χ3n) is 2.71. The molecule has 1 aromatic carbocycles. The van der Waals surface area contributed by atoms with Crippen molar-refractivity contribution in [3.8, 4) is 0 Å². The monoisotopic (exact) mass is 257 g/mol. The van der Waals surface area contributed by atoms with Crippen molar-refractivity contribution in [1.82, 2.24) is 4.90 Å². The lowest BCUT2D eigenvalue weighted by molar-refractivity contribution is 0.364. The number of nitrogens with zero attached hydrogens (tertiary/aromatic N) is 2. The van der Waals surface area contributed by atoms with Crippen molar-refractivity contribution < 1.29 is 0 Å². The first-order valence-electron chi connectivity index (χ1n) is 5.14. The first-order valence-corrected chi connectivity index (χ1v) is 5.90. The summed E-state index contributed by atoms with van der Waals surface area (Å²) in [6, 6.07) is 5.70. The molecule has 0 aliphatic carbocycles. The molecule has 0 amide bonds. The number of guanidine groups is 1. The summed E-state index contributed by atoms with van der Waals surface area (Å²) >= 11 is 12.0. The molecule has 1 aromatic rings. The maximum atomic E-state index is 5.98. The quantitative estimate of drug-likeness (QED) is 0.886. The number of halogens is 2. The lowest BCUT2D eigenvalue weighted by Crippen LogP contribution is -2.35. The average molecular weight is 258 g/mol. The molecule has 0 aromatic heterocycles. The maximum Gasteiger partial charge on any atom is 0.191 e. The molecule has 1 aliphatic heterocycles. The van der Waals surface area contributed by atoms with Gasteiger partial charge in [-0.05, 0) is 30.7 Å². The van der Waals surface area contributed by atoms with Crippen molar-refractivity contribution in [2.75, 3.05) is 13.1 Å². The lowest BCUT2D eigenvalue weighted by atomic mass is 10.1. The van der Waals surface area contributed by atoms with E-state index >= 15 is 0 Å². The SMILES string of the molecule is CCN1C(N)=NCC1c1cc(Cl)cc(Cl)c1. The minimum Gasteiger partial charge on any atom is -0.370 e. The summed E-state index contributed by atoms with van der Waals surface area (Å²) in [5.41, 5.74) is 6.86. The van der Waals surface area contributed by atoms with Crippen LogP contribution in [0.15, 0.2) is 23.2 Å². The van der Waals surface area contributed by atoms with Crippen molar-refractivity contribution in [3.05, 3.63) is 33.8 Å². The summed E-state index contributed by atoms with van der Waals surface area (Å²) in [5, 5.41) is 1.29. The van der Waals surface area contributed by atoms with E-state index in [0.29, 0.717) is 22.5 Å². The Morgan fingerprint density at radius 2 is 2.00 bits per heavy atom. The fraction of sp³-hybridized carbons (Fsp3) is 0.364. The van der Waals surface area contributed by atoms with Gasteiger partial charge in [0.2, 0.25) is 0 Å². The second kappa shape index (κ2) is 4.52. The Morgan fingerprint density at radius 1 is 1.38 bits per heavy atom. The standard InChI is InChI=1S/C11H13Cl2N3/c1-2-16-10(6-15-11(16)14)7-3-8(12)5-9(13)4-7/h3-5,10H,2,6H2,1H3,(H2,14,15). The van der Waals surface area contributed by atoms with E-state index in [4.69, 9.17) is 28.9 Å². The normalized spacial score (nSPS) is 20.1. The van der Waals surface area contributed by atoms with Gasteiger partial charge in [0.25, 0.3) is 0 Å². The largest absolute Gasteiger partial charge is 0.370 e. The predicted octanol–water partition coefficient (Wildman–Crippen LogP) is 2.68. The average Bonchev–Trinajstić information content (AvgIpc) is 2.58. The van der Waals surface area contributed by atoms with Crippen LogP contribution in [0, 0.1) is 0 Å². The number of nitrogens with two attached hydrogens (primary N) is 1. The Kier molecular flexibility index (Phi) is 3.26. The second-order valence-corrected chi connectivity index (χ2v) is 4.58. The number of hydrogen-bond donors (Lipinski definition) is 1. The van der Waals surface area contributed by atoms with Gasteiger partial charge in [-0.1, -0.05) is 23.2 Å². The van der Waals surface area contributed by atoms with Crippen LogP contribution >= 0.6 is 23.2 Å². The number of benzene rings is 1. The summed E-state index contributed by atoms with van der Waals surface area (Å²) in [7, 11) is 0. The Hall–Kier alpha value is -0.930. The zero-order valence-electron chi connectivity index (χ0n) is 8.95. The summed E-state index contributed by atoms with van der Waals surface area (Å²) in [6.45, 7) is 3.54. The van der Waals surface area contributed by atoms with E-state index in [9.17, 15) is 0 Å². The van der Waals surface area contributed by atoms with Crippen molar-refractivity contribution in [1.29, 1.82) is 0 Å². The van der Waals surface area contributed by atoms with Gasteiger partial charge in [-0.15, -0.1) is 0 Å². The Labute approximate surface area is 105 Å². The van der Waals surface area contributed by atoms with Gasteiger partial charge in [-0.25, -0.2) is 0 Å². The molecule has 2 N–H and O–H groups in total. The van der Waals surface area contributed by atoms with Crippen LogP contribution < -0.4 is 5.73 Å². The van der Waals surface area contributed by atoms with Crippen LogP contribution in [0.1, 0.15) is 18.5 Å². The van der Waals surface area contributed by atoms with E-state index in [1.54, 1.807) is 6.07 Å². The van der Waals surface area contributed by atoms with Gasteiger partial charge in [-0.2, -0.15) is 0 Å². The van der Waals surface area contributed by atoms with Crippen LogP contribution in [0.3, 0.4) is 0 Å².